The summed E-state index contributed by atoms with van der Waals surface area (Å²) in [7, 11) is 0. The Labute approximate surface area is 108 Å². The average molecular weight is 265 g/mol. The SMILES string of the molecule is N=C(N)c1ccccc1Oc1cccc(Cl)c1F. The lowest BCUT2D eigenvalue weighted by Gasteiger charge is -2.10. The lowest BCUT2D eigenvalue weighted by Crippen LogP contribution is -2.12. The number of halogens is 2. The van der Waals surface area contributed by atoms with Crippen molar-refractivity contribution in [3.05, 3.63) is 58.9 Å². The molecule has 5 heteroatoms. The van der Waals surface area contributed by atoms with Gasteiger partial charge in [0.05, 0.1) is 10.6 Å². The summed E-state index contributed by atoms with van der Waals surface area (Å²) in [6, 6.07) is 11.1. The van der Waals surface area contributed by atoms with Gasteiger partial charge in [-0.25, -0.2) is 4.39 Å². The fourth-order valence-electron chi connectivity index (χ4n) is 1.46. The molecule has 3 N–H and O–H groups in total. The molecule has 0 spiro atoms. The minimum Gasteiger partial charge on any atom is -0.453 e. The molecule has 0 aromatic heterocycles. The van der Waals surface area contributed by atoms with Crippen molar-refractivity contribution in [2.24, 2.45) is 5.73 Å². The number of para-hydroxylation sites is 1. The minimum atomic E-state index is -0.641. The van der Waals surface area contributed by atoms with Crippen LogP contribution in [0.3, 0.4) is 0 Å². The standard InChI is InChI=1S/C13H10ClFN2O/c14-9-5-3-7-11(12(9)15)18-10-6-2-1-4-8(10)13(16)17/h1-7H,(H3,16,17). The third kappa shape index (κ3) is 2.43. The topological polar surface area (TPSA) is 59.1 Å². The smallest absolute Gasteiger partial charge is 0.184 e. The number of benzene rings is 2. The molecule has 2 aromatic rings. The zero-order chi connectivity index (χ0) is 13.1. The molecule has 0 heterocycles. The highest BCUT2D eigenvalue weighted by molar-refractivity contribution is 6.30. The van der Waals surface area contributed by atoms with Gasteiger partial charge in [-0.15, -0.1) is 0 Å². The number of ether oxygens (including phenoxy) is 1. The maximum absolute atomic E-state index is 13.7. The molecule has 92 valence electrons. The molecule has 0 aliphatic carbocycles. The number of amidine groups is 1. The van der Waals surface area contributed by atoms with Gasteiger partial charge in [0.15, 0.2) is 11.6 Å². The Morgan fingerprint density at radius 1 is 1.11 bits per heavy atom. The summed E-state index contributed by atoms with van der Waals surface area (Å²) in [5.41, 5.74) is 5.82. The van der Waals surface area contributed by atoms with Crippen LogP contribution in [0.2, 0.25) is 5.02 Å². The van der Waals surface area contributed by atoms with Crippen molar-refractivity contribution in [1.29, 1.82) is 5.41 Å². The summed E-state index contributed by atoms with van der Waals surface area (Å²) >= 11 is 5.66. The molecule has 0 amide bonds. The summed E-state index contributed by atoms with van der Waals surface area (Å²) in [6.07, 6.45) is 0. The van der Waals surface area contributed by atoms with E-state index in [4.69, 9.17) is 27.5 Å². The second-order valence-electron chi connectivity index (χ2n) is 3.56. The molecular weight excluding hydrogens is 255 g/mol. The molecule has 0 saturated heterocycles. The molecule has 0 bridgehead atoms. The molecule has 3 nitrogen and oxygen atoms in total. The Bertz CT molecular complexity index is 601. The highest BCUT2D eigenvalue weighted by Gasteiger charge is 2.11. The molecule has 0 aliphatic rings. The molecule has 0 radical (unpaired) electrons. The van der Waals surface area contributed by atoms with Crippen LogP contribution in [-0.2, 0) is 0 Å². The second kappa shape index (κ2) is 5.06. The van der Waals surface area contributed by atoms with Crippen molar-refractivity contribution in [2.45, 2.75) is 0 Å². The van der Waals surface area contributed by atoms with E-state index in [1.165, 1.54) is 12.1 Å². The highest BCUT2D eigenvalue weighted by atomic mass is 35.5. The van der Waals surface area contributed by atoms with Gasteiger partial charge in [-0.2, -0.15) is 0 Å². The van der Waals surface area contributed by atoms with Crippen LogP contribution in [-0.4, -0.2) is 5.84 Å². The van der Waals surface area contributed by atoms with Gasteiger partial charge < -0.3 is 10.5 Å². The Morgan fingerprint density at radius 3 is 2.50 bits per heavy atom. The molecule has 0 saturated carbocycles. The van der Waals surface area contributed by atoms with Crippen molar-refractivity contribution >= 4 is 17.4 Å². The maximum atomic E-state index is 13.7. The van der Waals surface area contributed by atoms with Crippen LogP contribution in [0.4, 0.5) is 4.39 Å². The van der Waals surface area contributed by atoms with Gasteiger partial charge in [0.1, 0.15) is 11.6 Å². The fraction of sp³-hybridized carbons (Fsp3) is 0. The third-order valence-corrected chi connectivity index (χ3v) is 2.61. The van der Waals surface area contributed by atoms with Gasteiger partial charge in [-0.1, -0.05) is 29.8 Å². The molecule has 0 unspecified atom stereocenters. The Morgan fingerprint density at radius 2 is 1.78 bits per heavy atom. The van der Waals surface area contributed by atoms with E-state index in [0.29, 0.717) is 11.3 Å². The first-order chi connectivity index (χ1) is 8.59. The summed E-state index contributed by atoms with van der Waals surface area (Å²) in [6.45, 7) is 0. The molecular formula is C13H10ClFN2O. The first-order valence-corrected chi connectivity index (χ1v) is 5.52. The lowest BCUT2D eigenvalue weighted by molar-refractivity contribution is 0.441. The molecule has 0 fully saturated rings. The first-order valence-electron chi connectivity index (χ1n) is 5.15. The largest absolute Gasteiger partial charge is 0.453 e. The zero-order valence-corrected chi connectivity index (χ0v) is 10.0. The number of rotatable bonds is 3. The van der Waals surface area contributed by atoms with Crippen LogP contribution >= 0.6 is 11.6 Å². The minimum absolute atomic E-state index is 0.00352. The Kier molecular flexibility index (Phi) is 3.48. The van der Waals surface area contributed by atoms with Crippen LogP contribution in [0, 0.1) is 11.2 Å². The molecule has 0 aliphatic heterocycles. The number of nitrogens with two attached hydrogens (primary N) is 1. The van der Waals surface area contributed by atoms with Crippen LogP contribution in [0.1, 0.15) is 5.56 Å². The van der Waals surface area contributed by atoms with Crippen molar-refractivity contribution in [3.8, 4) is 11.5 Å². The predicted molar refractivity (Wildman–Crippen MR) is 68.9 cm³/mol. The molecule has 0 atom stereocenters. The van der Waals surface area contributed by atoms with E-state index in [0.717, 1.165) is 0 Å². The van der Waals surface area contributed by atoms with Crippen molar-refractivity contribution in [3.63, 3.8) is 0 Å². The Hall–Kier alpha value is -2.07. The predicted octanol–water partition coefficient (Wildman–Crippen LogP) is 3.56. The molecule has 2 aromatic carbocycles. The van der Waals surface area contributed by atoms with E-state index in [-0.39, 0.29) is 16.6 Å². The maximum Gasteiger partial charge on any atom is 0.184 e. The molecule has 2 rings (SSSR count). The van der Waals surface area contributed by atoms with E-state index in [1.807, 2.05) is 0 Å². The number of nitrogens with one attached hydrogen (secondary N) is 1. The van der Waals surface area contributed by atoms with E-state index < -0.39 is 5.82 Å². The van der Waals surface area contributed by atoms with Crippen molar-refractivity contribution in [1.82, 2.24) is 0 Å². The summed E-state index contributed by atoms with van der Waals surface area (Å²) in [4.78, 5) is 0. The van der Waals surface area contributed by atoms with Crippen LogP contribution in [0.15, 0.2) is 42.5 Å². The van der Waals surface area contributed by atoms with Gasteiger partial charge in [0.25, 0.3) is 0 Å². The monoisotopic (exact) mass is 264 g/mol. The lowest BCUT2D eigenvalue weighted by atomic mass is 10.2. The third-order valence-electron chi connectivity index (χ3n) is 2.31. The summed E-state index contributed by atoms with van der Waals surface area (Å²) < 4.78 is 19.1. The summed E-state index contributed by atoms with van der Waals surface area (Å²) in [5.74, 6) is -0.479. The first kappa shape index (κ1) is 12.4. The summed E-state index contributed by atoms with van der Waals surface area (Å²) in [5, 5.41) is 7.40. The van der Waals surface area contributed by atoms with Crippen molar-refractivity contribution in [2.75, 3.05) is 0 Å². The number of hydrogen-bond acceptors (Lipinski definition) is 2. The normalized spacial score (nSPS) is 10.1. The van der Waals surface area contributed by atoms with E-state index in [2.05, 4.69) is 0 Å². The van der Waals surface area contributed by atoms with E-state index in [9.17, 15) is 4.39 Å². The average Bonchev–Trinajstić information content (AvgIpc) is 2.35. The van der Waals surface area contributed by atoms with Crippen molar-refractivity contribution < 1.29 is 9.13 Å². The zero-order valence-electron chi connectivity index (χ0n) is 9.28. The quantitative estimate of drug-likeness (QED) is 0.658. The van der Waals surface area contributed by atoms with Gasteiger partial charge in [0.2, 0.25) is 0 Å². The highest BCUT2D eigenvalue weighted by Crippen LogP contribution is 2.30. The fourth-order valence-corrected chi connectivity index (χ4v) is 1.63. The van der Waals surface area contributed by atoms with E-state index >= 15 is 0 Å². The van der Waals surface area contributed by atoms with Crippen LogP contribution in [0.25, 0.3) is 0 Å². The van der Waals surface area contributed by atoms with Crippen LogP contribution in [0.5, 0.6) is 11.5 Å². The van der Waals surface area contributed by atoms with Gasteiger partial charge in [-0.3, -0.25) is 5.41 Å². The van der Waals surface area contributed by atoms with E-state index in [1.54, 1.807) is 30.3 Å². The van der Waals surface area contributed by atoms with Gasteiger partial charge in [0, 0.05) is 0 Å². The second-order valence-corrected chi connectivity index (χ2v) is 3.97. The number of nitrogen functional groups attached to an aromatic ring is 1. The molecule has 18 heavy (non-hydrogen) atoms. The van der Waals surface area contributed by atoms with Gasteiger partial charge >= 0.3 is 0 Å². The Balaban J connectivity index is 2.40. The van der Waals surface area contributed by atoms with Gasteiger partial charge in [-0.05, 0) is 24.3 Å². The van der Waals surface area contributed by atoms with Crippen LogP contribution < -0.4 is 10.5 Å². The number of hydrogen-bond donors (Lipinski definition) is 2.